The van der Waals surface area contributed by atoms with Crippen LogP contribution in [0, 0.1) is 17.8 Å². The second-order valence-electron chi connectivity index (χ2n) is 4.51. The van der Waals surface area contributed by atoms with E-state index in [1.165, 1.54) is 0 Å². The van der Waals surface area contributed by atoms with Gasteiger partial charge in [-0.05, 0) is 24.5 Å². The van der Waals surface area contributed by atoms with Crippen LogP contribution in [0.4, 0.5) is 0 Å². The Balaban J connectivity index is 4.89. The fourth-order valence-corrected chi connectivity index (χ4v) is 2.55. The summed E-state index contributed by atoms with van der Waals surface area (Å²) in [4.78, 5) is 4.37. The van der Waals surface area contributed by atoms with Crippen LogP contribution < -0.4 is 0 Å². The van der Waals surface area contributed by atoms with Crippen LogP contribution in [-0.4, -0.2) is 12.3 Å². The van der Waals surface area contributed by atoms with Crippen molar-refractivity contribution in [3.63, 3.8) is 0 Å². The Kier molecular flexibility index (Phi) is 3.95. The largest absolute Gasteiger partial charge is 0.294 e. The summed E-state index contributed by atoms with van der Waals surface area (Å²) < 4.78 is 0. The van der Waals surface area contributed by atoms with Gasteiger partial charge < -0.3 is 0 Å². The molecule has 0 atom stereocenters. The molecule has 1 nitrogen and oxygen atoms in total. The van der Waals surface area contributed by atoms with E-state index >= 15 is 0 Å². The van der Waals surface area contributed by atoms with E-state index in [1.54, 1.807) is 0 Å². The van der Waals surface area contributed by atoms with E-state index in [1.807, 2.05) is 0 Å². The number of hydrogen-bond acceptors (Lipinski definition) is 1. The highest BCUT2D eigenvalue weighted by Gasteiger charge is 2.38. The fraction of sp³-hybridized carbons (Fsp3) is 0.909. The molecule has 0 aliphatic rings. The Hall–Kier alpha value is -0.330. The van der Waals surface area contributed by atoms with E-state index < -0.39 is 0 Å². The number of hydrogen-bond donors (Lipinski definition) is 0. The van der Waals surface area contributed by atoms with E-state index in [-0.39, 0.29) is 5.54 Å². The SMILES string of the molecule is C=NC(C(C)C)(C(C)C)C(C)C. The van der Waals surface area contributed by atoms with Gasteiger partial charge in [-0.1, -0.05) is 41.5 Å². The molecule has 1 heteroatoms. The van der Waals surface area contributed by atoms with Crippen molar-refractivity contribution in [3.8, 4) is 0 Å². The van der Waals surface area contributed by atoms with Gasteiger partial charge in [0, 0.05) is 0 Å². The smallest absolute Gasteiger partial charge is 0.0669 e. The normalized spacial score (nSPS) is 13.1. The molecule has 0 saturated carbocycles. The van der Waals surface area contributed by atoms with Gasteiger partial charge in [0.1, 0.15) is 0 Å². The van der Waals surface area contributed by atoms with Crippen LogP contribution in [0.2, 0.25) is 0 Å². The van der Waals surface area contributed by atoms with Crippen LogP contribution in [-0.2, 0) is 0 Å². The molecule has 0 radical (unpaired) electrons. The average molecular weight is 169 g/mol. The summed E-state index contributed by atoms with van der Waals surface area (Å²) >= 11 is 0. The maximum atomic E-state index is 4.37. The van der Waals surface area contributed by atoms with Gasteiger partial charge in [0.05, 0.1) is 5.54 Å². The second kappa shape index (κ2) is 4.06. The molecule has 0 aromatic rings. The first kappa shape index (κ1) is 11.7. The molecule has 0 fully saturated rings. The van der Waals surface area contributed by atoms with Crippen molar-refractivity contribution < 1.29 is 0 Å². The molecule has 0 heterocycles. The Morgan fingerprint density at radius 3 is 1.08 bits per heavy atom. The first-order valence-electron chi connectivity index (χ1n) is 4.87. The van der Waals surface area contributed by atoms with Gasteiger partial charge in [-0.25, -0.2) is 0 Å². The molecule has 0 rings (SSSR count). The number of aliphatic imine (C=N–C) groups is 1. The summed E-state index contributed by atoms with van der Waals surface area (Å²) in [5, 5.41) is 0. The lowest BCUT2D eigenvalue weighted by Gasteiger charge is -2.41. The lowest BCUT2D eigenvalue weighted by molar-refractivity contribution is 0.160. The Morgan fingerprint density at radius 1 is 0.833 bits per heavy atom. The molecule has 0 aromatic heterocycles. The summed E-state index contributed by atoms with van der Waals surface area (Å²) in [5.74, 6) is 1.69. The van der Waals surface area contributed by atoms with Crippen LogP contribution in [0.1, 0.15) is 41.5 Å². The molecule has 0 spiro atoms. The van der Waals surface area contributed by atoms with Crippen LogP contribution in [0.5, 0.6) is 0 Å². The fourth-order valence-electron chi connectivity index (χ4n) is 2.55. The van der Waals surface area contributed by atoms with Crippen molar-refractivity contribution in [1.29, 1.82) is 0 Å². The highest BCUT2D eigenvalue weighted by molar-refractivity contribution is 5.27. The van der Waals surface area contributed by atoms with Crippen LogP contribution in [0.25, 0.3) is 0 Å². The molecular formula is C11H23N. The summed E-state index contributed by atoms with van der Waals surface area (Å²) in [7, 11) is 0. The Labute approximate surface area is 77.3 Å². The van der Waals surface area contributed by atoms with Crippen molar-refractivity contribution in [1.82, 2.24) is 0 Å². The van der Waals surface area contributed by atoms with Crippen LogP contribution in [0.15, 0.2) is 4.99 Å². The maximum absolute atomic E-state index is 4.37. The minimum Gasteiger partial charge on any atom is -0.294 e. The first-order valence-corrected chi connectivity index (χ1v) is 4.87. The second-order valence-corrected chi connectivity index (χ2v) is 4.51. The van der Waals surface area contributed by atoms with E-state index in [9.17, 15) is 0 Å². The zero-order valence-electron chi connectivity index (χ0n) is 9.39. The monoisotopic (exact) mass is 169 g/mol. The van der Waals surface area contributed by atoms with Gasteiger partial charge in [0.2, 0.25) is 0 Å². The third-order valence-corrected chi connectivity index (χ3v) is 3.05. The van der Waals surface area contributed by atoms with E-state index in [4.69, 9.17) is 0 Å². The first-order chi connectivity index (χ1) is 5.39. The number of rotatable bonds is 4. The van der Waals surface area contributed by atoms with E-state index in [2.05, 4.69) is 53.3 Å². The summed E-state index contributed by atoms with van der Waals surface area (Å²) in [6.07, 6.45) is 0. The quantitative estimate of drug-likeness (QED) is 0.572. The van der Waals surface area contributed by atoms with Crippen LogP contribution in [0.3, 0.4) is 0 Å². The molecule has 12 heavy (non-hydrogen) atoms. The van der Waals surface area contributed by atoms with Crippen molar-refractivity contribution >= 4 is 6.72 Å². The van der Waals surface area contributed by atoms with Gasteiger partial charge in [0.25, 0.3) is 0 Å². The predicted molar refractivity (Wildman–Crippen MR) is 56.8 cm³/mol. The Bertz CT molecular complexity index is 123. The van der Waals surface area contributed by atoms with Gasteiger partial charge >= 0.3 is 0 Å². The van der Waals surface area contributed by atoms with Crippen molar-refractivity contribution in [2.75, 3.05) is 0 Å². The zero-order valence-corrected chi connectivity index (χ0v) is 9.39. The minimum atomic E-state index is 0.0556. The van der Waals surface area contributed by atoms with Crippen molar-refractivity contribution in [3.05, 3.63) is 0 Å². The minimum absolute atomic E-state index is 0.0556. The van der Waals surface area contributed by atoms with Gasteiger partial charge in [0.15, 0.2) is 0 Å². The van der Waals surface area contributed by atoms with Crippen molar-refractivity contribution in [2.24, 2.45) is 22.7 Å². The van der Waals surface area contributed by atoms with E-state index in [0.29, 0.717) is 17.8 Å². The number of nitrogens with zero attached hydrogens (tertiary/aromatic N) is 1. The molecular weight excluding hydrogens is 146 g/mol. The predicted octanol–water partition coefficient (Wildman–Crippen LogP) is 3.39. The summed E-state index contributed by atoms with van der Waals surface area (Å²) in [6, 6.07) is 0. The molecule has 0 bridgehead atoms. The standard InChI is InChI=1S/C11H23N/c1-8(2)11(12-7,9(3)4)10(5)6/h8-10H,7H2,1-6H3. The summed E-state index contributed by atoms with van der Waals surface area (Å²) in [6.45, 7) is 17.1. The average Bonchev–Trinajstić information content (AvgIpc) is 1.86. The van der Waals surface area contributed by atoms with Crippen LogP contribution >= 0.6 is 0 Å². The van der Waals surface area contributed by atoms with Gasteiger partial charge in [-0.2, -0.15) is 0 Å². The lowest BCUT2D eigenvalue weighted by atomic mass is 9.70. The maximum Gasteiger partial charge on any atom is 0.0669 e. The molecule has 0 amide bonds. The van der Waals surface area contributed by atoms with E-state index in [0.717, 1.165) is 0 Å². The molecule has 0 aliphatic carbocycles. The van der Waals surface area contributed by atoms with Gasteiger partial charge in [-0.3, -0.25) is 4.99 Å². The molecule has 0 aliphatic heterocycles. The third kappa shape index (κ3) is 1.70. The Morgan fingerprint density at radius 2 is 1.08 bits per heavy atom. The van der Waals surface area contributed by atoms with Crippen molar-refractivity contribution in [2.45, 2.75) is 47.1 Å². The molecule has 72 valence electrons. The molecule has 0 N–H and O–H groups in total. The molecule has 0 unspecified atom stereocenters. The molecule has 0 aromatic carbocycles. The topological polar surface area (TPSA) is 12.4 Å². The highest BCUT2D eigenvalue weighted by Crippen LogP contribution is 2.37. The lowest BCUT2D eigenvalue weighted by Crippen LogP contribution is -2.43. The third-order valence-electron chi connectivity index (χ3n) is 3.05. The molecule has 0 saturated heterocycles. The highest BCUT2D eigenvalue weighted by atomic mass is 14.9. The summed E-state index contributed by atoms with van der Waals surface area (Å²) in [5.41, 5.74) is 0.0556. The zero-order chi connectivity index (χ0) is 9.94. The van der Waals surface area contributed by atoms with Gasteiger partial charge in [-0.15, -0.1) is 0 Å².